The second-order valence-corrected chi connectivity index (χ2v) is 5.38. The van der Waals surface area contributed by atoms with E-state index in [-0.39, 0.29) is 22.9 Å². The van der Waals surface area contributed by atoms with Crippen LogP contribution in [-0.2, 0) is 0 Å². The molecule has 1 amide bonds. The largest absolute Gasteiger partial charge is 0.364 e. The summed E-state index contributed by atoms with van der Waals surface area (Å²) in [5, 5.41) is 2.82. The van der Waals surface area contributed by atoms with E-state index < -0.39 is 0 Å². The third-order valence-electron chi connectivity index (χ3n) is 3.21. The van der Waals surface area contributed by atoms with Crippen LogP contribution in [0.4, 0.5) is 0 Å². The number of nitrogens with one attached hydrogen (secondary N) is 2. The van der Waals surface area contributed by atoms with Crippen LogP contribution in [0.2, 0.25) is 0 Å². The lowest BCUT2D eigenvalue weighted by molar-refractivity contribution is 0.0933. The van der Waals surface area contributed by atoms with Gasteiger partial charge in [-0.15, -0.1) is 0 Å². The number of hydrogen-bond acceptors (Lipinski definition) is 3. The number of amides is 1. The van der Waals surface area contributed by atoms with Gasteiger partial charge >= 0.3 is 0 Å². The topological polar surface area (TPSA) is 65.2 Å². The Labute approximate surface area is 114 Å². The van der Waals surface area contributed by atoms with Crippen LogP contribution < -0.4 is 10.7 Å². The molecule has 1 aromatic heterocycles. The van der Waals surface area contributed by atoms with Gasteiger partial charge in [0.25, 0.3) is 5.91 Å². The van der Waals surface area contributed by atoms with E-state index in [9.17, 15) is 9.59 Å². The van der Waals surface area contributed by atoms with Gasteiger partial charge in [0, 0.05) is 30.5 Å². The van der Waals surface area contributed by atoms with Crippen molar-refractivity contribution in [3.05, 3.63) is 33.7 Å². The van der Waals surface area contributed by atoms with Crippen LogP contribution in [0, 0.1) is 12.8 Å². The molecule has 1 aromatic rings. The van der Waals surface area contributed by atoms with Gasteiger partial charge in [-0.2, -0.15) is 0 Å². The lowest BCUT2D eigenvalue weighted by Gasteiger charge is -2.28. The van der Waals surface area contributed by atoms with Crippen molar-refractivity contribution < 1.29 is 4.79 Å². The second kappa shape index (κ2) is 6.52. The molecule has 19 heavy (non-hydrogen) atoms. The summed E-state index contributed by atoms with van der Waals surface area (Å²) in [5.41, 5.74) is 0.654. The summed E-state index contributed by atoms with van der Waals surface area (Å²) < 4.78 is 0. The number of nitrogens with zero attached hydrogens (tertiary/aromatic N) is 1. The van der Waals surface area contributed by atoms with Crippen molar-refractivity contribution in [2.45, 2.75) is 26.8 Å². The molecule has 0 saturated carbocycles. The van der Waals surface area contributed by atoms with Crippen molar-refractivity contribution in [1.82, 2.24) is 15.2 Å². The highest BCUT2D eigenvalue weighted by molar-refractivity contribution is 5.93. The van der Waals surface area contributed by atoms with Crippen LogP contribution in [0.25, 0.3) is 0 Å². The number of rotatable bonds is 5. The first-order valence-corrected chi connectivity index (χ1v) is 6.47. The van der Waals surface area contributed by atoms with E-state index in [1.807, 2.05) is 14.1 Å². The Morgan fingerprint density at radius 1 is 1.42 bits per heavy atom. The molecule has 5 nitrogen and oxygen atoms in total. The number of hydrogen-bond donors (Lipinski definition) is 2. The molecule has 1 unspecified atom stereocenters. The van der Waals surface area contributed by atoms with Gasteiger partial charge in [0.05, 0.1) is 0 Å². The number of carbonyl (C=O) groups is 1. The fourth-order valence-corrected chi connectivity index (χ4v) is 2.06. The zero-order valence-corrected chi connectivity index (χ0v) is 12.3. The molecule has 0 radical (unpaired) electrons. The first-order chi connectivity index (χ1) is 8.82. The molecule has 0 saturated heterocycles. The van der Waals surface area contributed by atoms with E-state index in [1.54, 1.807) is 6.92 Å². The summed E-state index contributed by atoms with van der Waals surface area (Å²) >= 11 is 0. The van der Waals surface area contributed by atoms with E-state index in [4.69, 9.17) is 0 Å². The highest BCUT2D eigenvalue weighted by atomic mass is 16.2. The van der Waals surface area contributed by atoms with Crippen LogP contribution >= 0.6 is 0 Å². The number of aromatic amines is 1. The van der Waals surface area contributed by atoms with Gasteiger partial charge in [-0.1, -0.05) is 13.8 Å². The molecule has 0 aliphatic carbocycles. The zero-order chi connectivity index (χ0) is 14.6. The van der Waals surface area contributed by atoms with E-state index in [2.05, 4.69) is 29.0 Å². The van der Waals surface area contributed by atoms with Crippen LogP contribution in [0.1, 0.15) is 29.9 Å². The molecule has 0 fully saturated rings. The maximum atomic E-state index is 12.0. The average Bonchev–Trinajstić information content (AvgIpc) is 2.27. The molecule has 1 heterocycles. The smallest absolute Gasteiger partial charge is 0.256 e. The Hall–Kier alpha value is -1.62. The number of pyridine rings is 1. The summed E-state index contributed by atoms with van der Waals surface area (Å²) in [4.78, 5) is 28.6. The average molecular weight is 265 g/mol. The Balaban J connectivity index is 2.72. The van der Waals surface area contributed by atoms with E-state index >= 15 is 0 Å². The van der Waals surface area contributed by atoms with Crippen molar-refractivity contribution in [2.75, 3.05) is 20.6 Å². The van der Waals surface area contributed by atoms with Crippen molar-refractivity contribution in [3.63, 3.8) is 0 Å². The third-order valence-corrected chi connectivity index (χ3v) is 3.21. The molecule has 0 spiro atoms. The molecule has 0 bridgehead atoms. The standard InChI is InChI=1S/C14H23N3O2/c1-9(2)12(17(4)5)8-16-14(19)11-7-15-10(3)6-13(11)18/h6-7,9,12H,8H2,1-5H3,(H,15,18)(H,16,19). The first-order valence-electron chi connectivity index (χ1n) is 6.47. The summed E-state index contributed by atoms with van der Waals surface area (Å²) in [6.45, 7) is 6.52. The molecule has 1 atom stereocenters. The van der Waals surface area contributed by atoms with Gasteiger partial charge in [-0.05, 0) is 26.9 Å². The second-order valence-electron chi connectivity index (χ2n) is 5.38. The molecule has 5 heteroatoms. The minimum absolute atomic E-state index is 0.159. The molecular weight excluding hydrogens is 242 g/mol. The minimum atomic E-state index is -0.325. The summed E-state index contributed by atoms with van der Waals surface area (Å²) in [6.07, 6.45) is 1.47. The Morgan fingerprint density at radius 2 is 2.05 bits per heavy atom. The summed E-state index contributed by atoms with van der Waals surface area (Å²) in [7, 11) is 3.96. The fourth-order valence-electron chi connectivity index (χ4n) is 2.06. The highest BCUT2D eigenvalue weighted by Crippen LogP contribution is 2.06. The van der Waals surface area contributed by atoms with Crippen molar-refractivity contribution in [2.24, 2.45) is 5.92 Å². The molecule has 0 aromatic carbocycles. The minimum Gasteiger partial charge on any atom is -0.364 e. The lowest BCUT2D eigenvalue weighted by atomic mass is 10.0. The number of aryl methyl sites for hydroxylation is 1. The maximum absolute atomic E-state index is 12.0. The van der Waals surface area contributed by atoms with E-state index in [1.165, 1.54) is 12.3 Å². The molecule has 1 rings (SSSR count). The SMILES string of the molecule is Cc1cc(=O)c(C(=O)NCC(C(C)C)N(C)C)c[nH]1. The lowest BCUT2D eigenvalue weighted by Crippen LogP contribution is -2.44. The normalized spacial score (nSPS) is 12.8. The van der Waals surface area contributed by atoms with Crippen LogP contribution in [0.3, 0.4) is 0 Å². The molecule has 2 N–H and O–H groups in total. The third kappa shape index (κ3) is 4.21. The molecule has 0 aliphatic rings. The van der Waals surface area contributed by atoms with Crippen LogP contribution in [0.15, 0.2) is 17.1 Å². The van der Waals surface area contributed by atoms with Gasteiger partial charge in [0.1, 0.15) is 5.56 Å². The van der Waals surface area contributed by atoms with E-state index in [0.717, 1.165) is 5.69 Å². The van der Waals surface area contributed by atoms with Crippen molar-refractivity contribution in [1.29, 1.82) is 0 Å². The van der Waals surface area contributed by atoms with Crippen LogP contribution in [-0.4, -0.2) is 42.5 Å². The predicted molar refractivity (Wildman–Crippen MR) is 76.4 cm³/mol. The maximum Gasteiger partial charge on any atom is 0.256 e. The Kier molecular flexibility index (Phi) is 5.30. The van der Waals surface area contributed by atoms with Crippen molar-refractivity contribution in [3.8, 4) is 0 Å². The van der Waals surface area contributed by atoms with Crippen molar-refractivity contribution >= 4 is 5.91 Å². The molecule has 0 aliphatic heterocycles. The highest BCUT2D eigenvalue weighted by Gasteiger charge is 2.18. The van der Waals surface area contributed by atoms with Gasteiger partial charge in [0.15, 0.2) is 5.43 Å². The predicted octanol–water partition coefficient (Wildman–Crippen LogP) is 0.999. The Bertz CT molecular complexity index is 484. The van der Waals surface area contributed by atoms with Gasteiger partial charge in [-0.3, -0.25) is 9.59 Å². The summed E-state index contributed by atoms with van der Waals surface area (Å²) in [5.74, 6) is 0.0975. The van der Waals surface area contributed by atoms with Gasteiger partial charge in [0.2, 0.25) is 0 Å². The summed E-state index contributed by atoms with van der Waals surface area (Å²) in [6, 6.07) is 1.68. The van der Waals surface area contributed by atoms with Gasteiger partial charge < -0.3 is 15.2 Å². The number of carbonyl (C=O) groups excluding carboxylic acids is 1. The van der Waals surface area contributed by atoms with Gasteiger partial charge in [-0.25, -0.2) is 0 Å². The Morgan fingerprint density at radius 3 is 2.53 bits per heavy atom. The monoisotopic (exact) mass is 265 g/mol. The quantitative estimate of drug-likeness (QED) is 0.834. The first kappa shape index (κ1) is 15.4. The number of likely N-dealkylation sites (N-methyl/N-ethyl adjacent to an activating group) is 1. The van der Waals surface area contributed by atoms with E-state index in [0.29, 0.717) is 12.5 Å². The number of H-pyrrole nitrogens is 1. The van der Waals surface area contributed by atoms with Crippen LogP contribution in [0.5, 0.6) is 0 Å². The number of aromatic nitrogens is 1. The zero-order valence-electron chi connectivity index (χ0n) is 12.3. The fraction of sp³-hybridized carbons (Fsp3) is 0.571. The molecular formula is C14H23N3O2. The molecule has 106 valence electrons.